The van der Waals surface area contributed by atoms with E-state index >= 15 is 0 Å². The van der Waals surface area contributed by atoms with E-state index in [-0.39, 0.29) is 6.03 Å². The van der Waals surface area contributed by atoms with Gasteiger partial charge >= 0.3 is 6.03 Å². The lowest BCUT2D eigenvalue weighted by Gasteiger charge is -2.09. The van der Waals surface area contributed by atoms with Crippen LogP contribution in [0.25, 0.3) is 0 Å². The largest absolute Gasteiger partial charge is 0.323 e. The average molecular weight is 246 g/mol. The van der Waals surface area contributed by atoms with Crippen molar-refractivity contribution >= 4 is 11.7 Å². The van der Waals surface area contributed by atoms with Gasteiger partial charge in [0.2, 0.25) is 0 Å². The quantitative estimate of drug-likeness (QED) is 0.832. The fourth-order valence-electron chi connectivity index (χ4n) is 1.33. The van der Waals surface area contributed by atoms with Crippen LogP contribution in [0.2, 0.25) is 0 Å². The van der Waals surface area contributed by atoms with Crippen molar-refractivity contribution < 1.29 is 4.79 Å². The third kappa shape index (κ3) is 4.24. The molecular weight excluding hydrogens is 224 g/mol. The van der Waals surface area contributed by atoms with Crippen LogP contribution in [-0.2, 0) is 0 Å². The predicted molar refractivity (Wildman–Crippen MR) is 76.7 cm³/mol. The molecular formula is C15H22N2O. The Morgan fingerprint density at radius 3 is 2.44 bits per heavy atom. The molecule has 1 aromatic carbocycles. The van der Waals surface area contributed by atoms with Crippen molar-refractivity contribution in [2.75, 3.05) is 5.32 Å². The number of hydrogen-bond donors (Lipinski definition) is 2. The third-order valence-corrected chi connectivity index (χ3v) is 3.11. The van der Waals surface area contributed by atoms with Crippen LogP contribution in [0.3, 0.4) is 0 Å². The molecule has 0 aliphatic carbocycles. The third-order valence-electron chi connectivity index (χ3n) is 3.11. The van der Waals surface area contributed by atoms with Crippen LogP contribution in [0.15, 0.2) is 30.0 Å². The fourth-order valence-corrected chi connectivity index (χ4v) is 1.33. The van der Waals surface area contributed by atoms with Crippen LogP contribution in [0.5, 0.6) is 0 Å². The Labute approximate surface area is 109 Å². The van der Waals surface area contributed by atoms with Crippen molar-refractivity contribution in [1.29, 1.82) is 0 Å². The topological polar surface area (TPSA) is 41.1 Å². The molecule has 0 atom stereocenters. The molecule has 2 amide bonds. The molecule has 0 saturated carbocycles. The van der Waals surface area contributed by atoms with Gasteiger partial charge in [-0.1, -0.05) is 25.5 Å². The first-order valence-corrected chi connectivity index (χ1v) is 6.21. The van der Waals surface area contributed by atoms with Crippen LogP contribution >= 0.6 is 0 Å². The molecule has 2 N–H and O–H groups in total. The number of aryl methyl sites for hydroxylation is 2. The second-order valence-corrected chi connectivity index (χ2v) is 4.94. The van der Waals surface area contributed by atoms with Crippen LogP contribution < -0.4 is 10.6 Å². The summed E-state index contributed by atoms with van der Waals surface area (Å²) in [5.41, 5.74) is 4.34. The Bertz CT molecular complexity index is 462. The van der Waals surface area contributed by atoms with Crippen LogP contribution in [0.4, 0.5) is 10.5 Å². The molecule has 0 spiro atoms. The molecule has 0 saturated heterocycles. The maximum absolute atomic E-state index is 11.7. The second-order valence-electron chi connectivity index (χ2n) is 4.94. The molecule has 1 aromatic rings. The van der Waals surface area contributed by atoms with Crippen LogP contribution in [0, 0.1) is 19.8 Å². The van der Waals surface area contributed by atoms with Gasteiger partial charge in [-0.15, -0.1) is 0 Å². The average Bonchev–Trinajstić information content (AvgIpc) is 2.30. The number of amides is 2. The molecule has 0 heterocycles. The lowest BCUT2D eigenvalue weighted by molar-refractivity contribution is 0.255. The molecule has 18 heavy (non-hydrogen) atoms. The molecule has 0 fully saturated rings. The van der Waals surface area contributed by atoms with Gasteiger partial charge in [0, 0.05) is 11.9 Å². The summed E-state index contributed by atoms with van der Waals surface area (Å²) in [6, 6.07) is 5.66. The summed E-state index contributed by atoms with van der Waals surface area (Å²) in [4.78, 5) is 11.7. The summed E-state index contributed by atoms with van der Waals surface area (Å²) in [6.45, 7) is 10.3. The Hall–Kier alpha value is -1.77. The van der Waals surface area contributed by atoms with Gasteiger partial charge in [0.25, 0.3) is 0 Å². The lowest BCUT2D eigenvalue weighted by atomic mass is 10.1. The van der Waals surface area contributed by atoms with Gasteiger partial charge in [0.1, 0.15) is 0 Å². The zero-order valence-electron chi connectivity index (χ0n) is 11.8. The van der Waals surface area contributed by atoms with Crippen molar-refractivity contribution in [2.45, 2.75) is 34.6 Å². The number of urea groups is 1. The highest BCUT2D eigenvalue weighted by Gasteiger charge is 2.02. The highest BCUT2D eigenvalue weighted by Crippen LogP contribution is 2.14. The number of anilines is 1. The molecule has 0 unspecified atom stereocenters. The minimum atomic E-state index is -0.210. The van der Waals surface area contributed by atoms with Crippen LogP contribution in [-0.4, -0.2) is 6.03 Å². The monoisotopic (exact) mass is 246 g/mol. The van der Waals surface area contributed by atoms with Gasteiger partial charge in [-0.25, -0.2) is 4.79 Å². The Morgan fingerprint density at radius 1 is 1.22 bits per heavy atom. The minimum absolute atomic E-state index is 0.210. The van der Waals surface area contributed by atoms with E-state index in [4.69, 9.17) is 0 Å². The molecule has 0 aliphatic heterocycles. The summed E-state index contributed by atoms with van der Waals surface area (Å²) in [5.74, 6) is 0.437. The number of allylic oxidation sites excluding steroid dienone is 1. The van der Waals surface area contributed by atoms with Gasteiger partial charge in [-0.2, -0.15) is 0 Å². The Kier molecular flexibility index (Phi) is 4.95. The predicted octanol–water partition coefficient (Wildman–Crippen LogP) is 3.98. The number of nitrogens with one attached hydrogen (secondary N) is 2. The lowest BCUT2D eigenvalue weighted by Crippen LogP contribution is -2.24. The summed E-state index contributed by atoms with van der Waals surface area (Å²) in [5, 5.41) is 5.54. The summed E-state index contributed by atoms with van der Waals surface area (Å²) < 4.78 is 0. The number of hydrogen-bond acceptors (Lipinski definition) is 1. The number of carbonyl (C=O) groups is 1. The van der Waals surface area contributed by atoms with E-state index in [2.05, 4.69) is 24.5 Å². The van der Waals surface area contributed by atoms with E-state index in [1.807, 2.05) is 39.0 Å². The van der Waals surface area contributed by atoms with E-state index in [1.54, 1.807) is 6.20 Å². The van der Waals surface area contributed by atoms with E-state index in [1.165, 1.54) is 11.1 Å². The van der Waals surface area contributed by atoms with Crippen molar-refractivity contribution in [3.05, 3.63) is 41.1 Å². The van der Waals surface area contributed by atoms with Crippen molar-refractivity contribution in [3.8, 4) is 0 Å². The number of rotatable bonds is 3. The first-order valence-electron chi connectivity index (χ1n) is 6.21. The molecule has 3 nitrogen and oxygen atoms in total. The maximum atomic E-state index is 11.7. The standard InChI is InChI=1S/C15H22N2O/c1-10(2)13(5)9-16-15(18)17-14-7-6-11(3)12(4)8-14/h6-10H,1-5H3,(H2,16,17,18)/b13-9+. The normalized spacial score (nSPS) is 11.6. The van der Waals surface area contributed by atoms with Crippen LogP contribution in [0.1, 0.15) is 31.9 Å². The van der Waals surface area contributed by atoms with E-state index in [9.17, 15) is 4.79 Å². The fraction of sp³-hybridized carbons (Fsp3) is 0.400. The van der Waals surface area contributed by atoms with E-state index < -0.39 is 0 Å². The van der Waals surface area contributed by atoms with Crippen molar-refractivity contribution in [2.24, 2.45) is 5.92 Å². The molecule has 0 bridgehead atoms. The highest BCUT2D eigenvalue weighted by atomic mass is 16.2. The first kappa shape index (κ1) is 14.3. The summed E-state index contributed by atoms with van der Waals surface area (Å²) in [7, 11) is 0. The van der Waals surface area contributed by atoms with Gasteiger partial charge < -0.3 is 10.6 Å². The van der Waals surface area contributed by atoms with E-state index in [0.29, 0.717) is 5.92 Å². The molecule has 98 valence electrons. The SMILES string of the molecule is C/C(=C\NC(=O)Nc1ccc(C)c(C)c1)C(C)C. The van der Waals surface area contributed by atoms with Gasteiger partial charge in [0.15, 0.2) is 0 Å². The van der Waals surface area contributed by atoms with Gasteiger partial charge in [0.05, 0.1) is 0 Å². The van der Waals surface area contributed by atoms with Gasteiger partial charge in [-0.3, -0.25) is 0 Å². The number of carbonyl (C=O) groups excluding carboxylic acids is 1. The van der Waals surface area contributed by atoms with Crippen molar-refractivity contribution in [1.82, 2.24) is 5.32 Å². The zero-order valence-corrected chi connectivity index (χ0v) is 11.8. The molecule has 0 radical (unpaired) electrons. The Morgan fingerprint density at radius 2 is 1.89 bits per heavy atom. The summed E-state index contributed by atoms with van der Waals surface area (Å²) >= 11 is 0. The van der Waals surface area contributed by atoms with Crippen molar-refractivity contribution in [3.63, 3.8) is 0 Å². The highest BCUT2D eigenvalue weighted by molar-refractivity contribution is 5.90. The van der Waals surface area contributed by atoms with Gasteiger partial charge in [-0.05, 0) is 49.9 Å². The zero-order chi connectivity index (χ0) is 13.7. The molecule has 1 rings (SSSR count). The second kappa shape index (κ2) is 6.24. The number of benzene rings is 1. The molecule has 0 aromatic heterocycles. The first-order chi connectivity index (χ1) is 8.40. The molecule has 3 heteroatoms. The molecule has 0 aliphatic rings. The smallest absolute Gasteiger partial charge is 0.314 e. The minimum Gasteiger partial charge on any atom is -0.314 e. The summed E-state index contributed by atoms with van der Waals surface area (Å²) in [6.07, 6.45) is 1.75. The van der Waals surface area contributed by atoms with E-state index in [0.717, 1.165) is 11.3 Å². The maximum Gasteiger partial charge on any atom is 0.323 e. The Balaban J connectivity index is 2.60.